The fraction of sp³-hybridized carbons (Fsp3) is 0.278. The first-order valence-electron chi connectivity index (χ1n) is 7.49. The third-order valence-electron chi connectivity index (χ3n) is 4.85. The molecule has 2 heterocycles. The molecule has 1 fully saturated rings. The highest BCUT2D eigenvalue weighted by atomic mass is 16.2. The molecule has 0 radical (unpaired) electrons. The Hall–Kier alpha value is -2.13. The van der Waals surface area contributed by atoms with Crippen LogP contribution in [-0.4, -0.2) is 18.5 Å². The maximum Gasteiger partial charge on any atom is 0.236 e. The lowest BCUT2D eigenvalue weighted by atomic mass is 9.73. The SMILES string of the molecule is O=C1Nc2ccccc2[C@@]12CCN[C@H]2Cc1ccccc1. The summed E-state index contributed by atoms with van der Waals surface area (Å²) in [6, 6.07) is 18.7. The Morgan fingerprint density at radius 2 is 1.81 bits per heavy atom. The highest BCUT2D eigenvalue weighted by Crippen LogP contribution is 2.45. The fourth-order valence-electron chi connectivity index (χ4n) is 3.82. The lowest BCUT2D eigenvalue weighted by Gasteiger charge is -2.29. The zero-order valence-corrected chi connectivity index (χ0v) is 11.8. The number of carbonyl (C=O) groups is 1. The number of hydrogen-bond acceptors (Lipinski definition) is 2. The van der Waals surface area contributed by atoms with Gasteiger partial charge in [0.1, 0.15) is 0 Å². The predicted octanol–water partition coefficient (Wildman–Crippen LogP) is 2.48. The van der Waals surface area contributed by atoms with Crippen molar-refractivity contribution in [1.82, 2.24) is 5.32 Å². The van der Waals surface area contributed by atoms with E-state index in [0.29, 0.717) is 0 Å². The molecule has 0 bridgehead atoms. The number of amides is 1. The van der Waals surface area contributed by atoms with Crippen LogP contribution < -0.4 is 10.6 Å². The van der Waals surface area contributed by atoms with Gasteiger partial charge in [-0.3, -0.25) is 4.79 Å². The van der Waals surface area contributed by atoms with Gasteiger partial charge in [0, 0.05) is 11.7 Å². The van der Waals surface area contributed by atoms with Crippen LogP contribution in [0.2, 0.25) is 0 Å². The lowest BCUT2D eigenvalue weighted by molar-refractivity contribution is -0.121. The van der Waals surface area contributed by atoms with E-state index in [9.17, 15) is 4.79 Å². The van der Waals surface area contributed by atoms with E-state index in [-0.39, 0.29) is 11.9 Å². The van der Waals surface area contributed by atoms with E-state index in [1.54, 1.807) is 0 Å². The Bertz CT molecular complexity index is 683. The molecule has 0 unspecified atom stereocenters. The fourth-order valence-corrected chi connectivity index (χ4v) is 3.82. The van der Waals surface area contributed by atoms with E-state index >= 15 is 0 Å². The number of rotatable bonds is 2. The van der Waals surface area contributed by atoms with E-state index in [2.05, 4.69) is 41.0 Å². The molecule has 2 N–H and O–H groups in total. The summed E-state index contributed by atoms with van der Waals surface area (Å²) in [5.41, 5.74) is 2.99. The molecule has 2 atom stereocenters. The van der Waals surface area contributed by atoms with Gasteiger partial charge in [-0.1, -0.05) is 48.5 Å². The first-order chi connectivity index (χ1) is 10.3. The van der Waals surface area contributed by atoms with Gasteiger partial charge in [-0.15, -0.1) is 0 Å². The second-order valence-electron chi connectivity index (χ2n) is 5.92. The molecule has 2 aromatic carbocycles. The number of carbonyl (C=O) groups excluding carboxylic acids is 1. The Labute approximate surface area is 124 Å². The van der Waals surface area contributed by atoms with Gasteiger partial charge < -0.3 is 10.6 Å². The second kappa shape index (κ2) is 4.71. The molecular formula is C18H18N2O. The number of para-hydroxylation sites is 1. The first kappa shape index (κ1) is 12.6. The van der Waals surface area contributed by atoms with Crippen LogP contribution in [0.1, 0.15) is 17.5 Å². The zero-order valence-electron chi connectivity index (χ0n) is 11.8. The van der Waals surface area contributed by atoms with Crippen molar-refractivity contribution in [1.29, 1.82) is 0 Å². The van der Waals surface area contributed by atoms with E-state index in [0.717, 1.165) is 30.6 Å². The number of fused-ring (bicyclic) bond motifs is 2. The highest BCUT2D eigenvalue weighted by molar-refractivity contribution is 6.07. The van der Waals surface area contributed by atoms with Gasteiger partial charge in [-0.25, -0.2) is 0 Å². The normalized spacial score (nSPS) is 26.9. The van der Waals surface area contributed by atoms with Crippen LogP contribution in [0.25, 0.3) is 0 Å². The number of benzene rings is 2. The van der Waals surface area contributed by atoms with Crippen LogP contribution in [0.15, 0.2) is 54.6 Å². The third kappa shape index (κ3) is 1.81. The van der Waals surface area contributed by atoms with Gasteiger partial charge in [0.15, 0.2) is 0 Å². The molecule has 1 spiro atoms. The molecule has 2 aromatic rings. The quantitative estimate of drug-likeness (QED) is 0.886. The van der Waals surface area contributed by atoms with Crippen LogP contribution in [-0.2, 0) is 16.6 Å². The van der Waals surface area contributed by atoms with Gasteiger partial charge in [-0.2, -0.15) is 0 Å². The van der Waals surface area contributed by atoms with Gasteiger partial charge in [0.05, 0.1) is 5.41 Å². The van der Waals surface area contributed by atoms with Crippen molar-refractivity contribution in [2.24, 2.45) is 0 Å². The second-order valence-corrected chi connectivity index (χ2v) is 5.92. The van der Waals surface area contributed by atoms with Crippen molar-refractivity contribution in [2.45, 2.75) is 24.3 Å². The van der Waals surface area contributed by atoms with Crippen molar-refractivity contribution in [2.75, 3.05) is 11.9 Å². The van der Waals surface area contributed by atoms with Gasteiger partial charge in [0.2, 0.25) is 5.91 Å². The molecule has 21 heavy (non-hydrogen) atoms. The molecule has 3 heteroatoms. The molecular weight excluding hydrogens is 260 g/mol. The maximum absolute atomic E-state index is 12.7. The summed E-state index contributed by atoms with van der Waals surface area (Å²) < 4.78 is 0. The summed E-state index contributed by atoms with van der Waals surface area (Å²) in [7, 11) is 0. The van der Waals surface area contributed by atoms with E-state index in [4.69, 9.17) is 0 Å². The largest absolute Gasteiger partial charge is 0.325 e. The molecule has 0 aromatic heterocycles. The van der Waals surface area contributed by atoms with Crippen molar-refractivity contribution in [3.05, 3.63) is 65.7 Å². The number of anilines is 1. The summed E-state index contributed by atoms with van der Waals surface area (Å²) >= 11 is 0. The van der Waals surface area contributed by atoms with Crippen molar-refractivity contribution < 1.29 is 4.79 Å². The molecule has 0 aliphatic carbocycles. The maximum atomic E-state index is 12.7. The van der Waals surface area contributed by atoms with Gasteiger partial charge >= 0.3 is 0 Å². The van der Waals surface area contributed by atoms with Crippen LogP contribution >= 0.6 is 0 Å². The summed E-state index contributed by atoms with van der Waals surface area (Å²) in [4.78, 5) is 12.7. The van der Waals surface area contributed by atoms with Crippen LogP contribution in [0.3, 0.4) is 0 Å². The molecule has 3 nitrogen and oxygen atoms in total. The predicted molar refractivity (Wildman–Crippen MR) is 83.3 cm³/mol. The smallest absolute Gasteiger partial charge is 0.236 e. The van der Waals surface area contributed by atoms with Crippen molar-refractivity contribution in [3.63, 3.8) is 0 Å². The number of nitrogens with one attached hydrogen (secondary N) is 2. The average molecular weight is 278 g/mol. The minimum Gasteiger partial charge on any atom is -0.325 e. The summed E-state index contributed by atoms with van der Waals surface area (Å²) in [6.07, 6.45) is 1.75. The number of hydrogen-bond donors (Lipinski definition) is 2. The van der Waals surface area contributed by atoms with Crippen LogP contribution in [0, 0.1) is 0 Å². The lowest BCUT2D eigenvalue weighted by Crippen LogP contribution is -2.46. The Kier molecular flexibility index (Phi) is 2.82. The zero-order chi connectivity index (χ0) is 14.3. The van der Waals surface area contributed by atoms with E-state index in [1.165, 1.54) is 5.56 Å². The van der Waals surface area contributed by atoms with Crippen molar-refractivity contribution in [3.8, 4) is 0 Å². The Morgan fingerprint density at radius 1 is 1.05 bits per heavy atom. The monoisotopic (exact) mass is 278 g/mol. The minimum absolute atomic E-state index is 0.148. The van der Waals surface area contributed by atoms with Crippen LogP contribution in [0.5, 0.6) is 0 Å². The molecule has 2 aliphatic heterocycles. The third-order valence-corrected chi connectivity index (χ3v) is 4.85. The molecule has 1 saturated heterocycles. The van der Waals surface area contributed by atoms with Gasteiger partial charge in [0.25, 0.3) is 0 Å². The van der Waals surface area contributed by atoms with Crippen LogP contribution in [0.4, 0.5) is 5.69 Å². The van der Waals surface area contributed by atoms with Gasteiger partial charge in [-0.05, 0) is 36.6 Å². The molecule has 4 rings (SSSR count). The van der Waals surface area contributed by atoms with Crippen molar-refractivity contribution >= 4 is 11.6 Å². The molecule has 2 aliphatic rings. The minimum atomic E-state index is -0.410. The topological polar surface area (TPSA) is 41.1 Å². The van der Waals surface area contributed by atoms with E-state index < -0.39 is 5.41 Å². The highest BCUT2D eigenvalue weighted by Gasteiger charge is 2.54. The molecule has 0 saturated carbocycles. The van der Waals surface area contributed by atoms with E-state index in [1.807, 2.05) is 24.3 Å². The standard InChI is InChI=1S/C18H18N2O/c21-17-18(14-8-4-5-9-15(14)20-17)10-11-19-16(18)12-13-6-2-1-3-7-13/h1-9,16,19H,10-12H2,(H,20,21)/t16-,18+/m0/s1. The summed E-state index contributed by atoms with van der Waals surface area (Å²) in [5.74, 6) is 0.148. The molecule has 1 amide bonds. The first-order valence-corrected chi connectivity index (χ1v) is 7.49. The average Bonchev–Trinajstić information content (AvgIpc) is 3.05. The Morgan fingerprint density at radius 3 is 2.67 bits per heavy atom. The molecule has 106 valence electrons. The summed E-state index contributed by atoms with van der Waals surface area (Å²) in [6.45, 7) is 0.888. The Balaban J connectivity index is 1.74. The summed E-state index contributed by atoms with van der Waals surface area (Å²) in [5, 5.41) is 6.62.